The van der Waals surface area contributed by atoms with E-state index in [1.54, 1.807) is 12.1 Å². The molecule has 0 radical (unpaired) electrons. The van der Waals surface area contributed by atoms with Crippen LogP contribution in [0.5, 0.6) is 0 Å². The van der Waals surface area contributed by atoms with Gasteiger partial charge in [0.05, 0.1) is 7.11 Å². The molecule has 0 amide bonds. The van der Waals surface area contributed by atoms with Gasteiger partial charge in [0.15, 0.2) is 11.5 Å². The fraction of sp³-hybridized carbons (Fsp3) is 0.583. The number of esters is 1. The van der Waals surface area contributed by atoms with E-state index in [1.807, 2.05) is 0 Å². The van der Waals surface area contributed by atoms with Crippen molar-refractivity contribution in [3.05, 3.63) is 17.8 Å². The van der Waals surface area contributed by atoms with Gasteiger partial charge in [-0.1, -0.05) is 0 Å². The Balaban J connectivity index is 2.12. The lowest BCUT2D eigenvalue weighted by atomic mass is 10.1. The third-order valence-electron chi connectivity index (χ3n) is 3.33. The molecule has 2 heterocycles. The van der Waals surface area contributed by atoms with Crippen LogP contribution in [0.3, 0.4) is 0 Å². The Kier molecular flexibility index (Phi) is 3.76. The predicted octanol–water partition coefficient (Wildman–Crippen LogP) is 0.437. The fourth-order valence-electron chi connectivity index (χ4n) is 2.32. The van der Waals surface area contributed by atoms with Crippen LogP contribution in [0.15, 0.2) is 12.1 Å². The van der Waals surface area contributed by atoms with E-state index in [0.29, 0.717) is 18.5 Å². The van der Waals surface area contributed by atoms with Crippen LogP contribution in [0.2, 0.25) is 0 Å². The molecule has 1 aliphatic rings. The monoisotopic (exact) mass is 250 g/mol. The molecule has 2 atom stereocenters. The average Bonchev–Trinajstić information content (AvgIpc) is 2.79. The number of ether oxygens (including phenoxy) is 1. The Bertz CT molecular complexity index is 421. The molecule has 1 aromatic heterocycles. The SMILES string of the molecule is COC(=O)c1ccc(N2CC(CN)CC2C)nn1. The molecule has 6 nitrogen and oxygen atoms in total. The van der Waals surface area contributed by atoms with E-state index in [0.717, 1.165) is 18.8 Å². The maximum absolute atomic E-state index is 11.3. The van der Waals surface area contributed by atoms with Crippen molar-refractivity contribution in [2.24, 2.45) is 11.7 Å². The molecule has 0 aliphatic carbocycles. The van der Waals surface area contributed by atoms with Gasteiger partial charge in [-0.3, -0.25) is 0 Å². The van der Waals surface area contributed by atoms with Crippen LogP contribution in [-0.4, -0.2) is 42.4 Å². The molecule has 98 valence electrons. The molecule has 6 heteroatoms. The molecule has 2 N–H and O–H groups in total. The number of methoxy groups -OCH3 is 1. The van der Waals surface area contributed by atoms with Crippen molar-refractivity contribution in [3.63, 3.8) is 0 Å². The highest BCUT2D eigenvalue weighted by Gasteiger charge is 2.29. The third-order valence-corrected chi connectivity index (χ3v) is 3.33. The van der Waals surface area contributed by atoms with Crippen molar-refractivity contribution in [3.8, 4) is 0 Å². The highest BCUT2D eigenvalue weighted by atomic mass is 16.5. The normalized spacial score (nSPS) is 23.2. The van der Waals surface area contributed by atoms with Crippen LogP contribution < -0.4 is 10.6 Å². The quantitative estimate of drug-likeness (QED) is 0.784. The van der Waals surface area contributed by atoms with Gasteiger partial charge in [0.25, 0.3) is 0 Å². The van der Waals surface area contributed by atoms with Crippen LogP contribution in [0.4, 0.5) is 5.82 Å². The molecular weight excluding hydrogens is 232 g/mol. The first-order valence-electron chi connectivity index (χ1n) is 6.04. The van der Waals surface area contributed by atoms with E-state index >= 15 is 0 Å². The highest BCUT2D eigenvalue weighted by molar-refractivity contribution is 5.86. The molecule has 18 heavy (non-hydrogen) atoms. The summed E-state index contributed by atoms with van der Waals surface area (Å²) in [6.45, 7) is 3.73. The van der Waals surface area contributed by atoms with Gasteiger partial charge >= 0.3 is 5.97 Å². The highest BCUT2D eigenvalue weighted by Crippen LogP contribution is 2.26. The van der Waals surface area contributed by atoms with E-state index in [-0.39, 0.29) is 5.69 Å². The van der Waals surface area contributed by atoms with E-state index < -0.39 is 5.97 Å². The summed E-state index contributed by atoms with van der Waals surface area (Å²) in [5, 5.41) is 7.97. The smallest absolute Gasteiger partial charge is 0.358 e. The molecule has 2 unspecified atom stereocenters. The lowest BCUT2D eigenvalue weighted by Crippen LogP contribution is -2.28. The number of hydrogen-bond acceptors (Lipinski definition) is 6. The van der Waals surface area contributed by atoms with Crippen LogP contribution in [0.25, 0.3) is 0 Å². The van der Waals surface area contributed by atoms with Crippen LogP contribution in [0.1, 0.15) is 23.8 Å². The summed E-state index contributed by atoms with van der Waals surface area (Å²) in [4.78, 5) is 13.4. The van der Waals surface area contributed by atoms with Crippen LogP contribution >= 0.6 is 0 Å². The van der Waals surface area contributed by atoms with Gasteiger partial charge in [0.1, 0.15) is 0 Å². The second-order valence-electron chi connectivity index (χ2n) is 4.61. The van der Waals surface area contributed by atoms with Crippen molar-refractivity contribution in [2.45, 2.75) is 19.4 Å². The Hall–Kier alpha value is -1.69. The Morgan fingerprint density at radius 1 is 1.56 bits per heavy atom. The third kappa shape index (κ3) is 2.43. The predicted molar refractivity (Wildman–Crippen MR) is 67.3 cm³/mol. The number of aromatic nitrogens is 2. The van der Waals surface area contributed by atoms with Gasteiger partial charge in [0, 0.05) is 12.6 Å². The van der Waals surface area contributed by atoms with E-state index in [4.69, 9.17) is 5.73 Å². The summed E-state index contributed by atoms with van der Waals surface area (Å²) in [7, 11) is 1.33. The Labute approximate surface area is 106 Å². The van der Waals surface area contributed by atoms with Gasteiger partial charge in [-0.05, 0) is 37.9 Å². The summed E-state index contributed by atoms with van der Waals surface area (Å²) in [5.74, 6) is 0.816. The zero-order valence-corrected chi connectivity index (χ0v) is 10.7. The number of hydrogen-bond donors (Lipinski definition) is 1. The van der Waals surface area contributed by atoms with Gasteiger partial charge < -0.3 is 15.4 Å². The molecule has 1 aliphatic heterocycles. The van der Waals surface area contributed by atoms with Crippen molar-refractivity contribution in [1.82, 2.24) is 10.2 Å². The minimum absolute atomic E-state index is 0.225. The number of carbonyl (C=O) groups is 1. The minimum atomic E-state index is -0.469. The van der Waals surface area contributed by atoms with Crippen LogP contribution in [0, 0.1) is 5.92 Å². The fourth-order valence-corrected chi connectivity index (χ4v) is 2.32. The summed E-state index contributed by atoms with van der Waals surface area (Å²) >= 11 is 0. The number of carbonyl (C=O) groups excluding carboxylic acids is 1. The van der Waals surface area contributed by atoms with Crippen LogP contribution in [-0.2, 0) is 4.74 Å². The number of rotatable bonds is 3. The summed E-state index contributed by atoms with van der Waals surface area (Å²) in [5.41, 5.74) is 5.92. The van der Waals surface area contributed by atoms with E-state index in [9.17, 15) is 4.79 Å². The van der Waals surface area contributed by atoms with E-state index in [1.165, 1.54) is 7.11 Å². The summed E-state index contributed by atoms with van der Waals surface area (Å²) in [6.07, 6.45) is 1.07. The molecule has 2 rings (SSSR count). The maximum Gasteiger partial charge on any atom is 0.358 e. The van der Waals surface area contributed by atoms with Crippen molar-refractivity contribution in [1.29, 1.82) is 0 Å². The lowest BCUT2D eigenvalue weighted by molar-refractivity contribution is 0.0592. The topological polar surface area (TPSA) is 81.3 Å². The van der Waals surface area contributed by atoms with Gasteiger partial charge in [-0.2, -0.15) is 0 Å². The molecule has 1 aromatic rings. The Morgan fingerprint density at radius 2 is 2.33 bits per heavy atom. The minimum Gasteiger partial charge on any atom is -0.464 e. The summed E-state index contributed by atoms with van der Waals surface area (Å²) < 4.78 is 4.59. The first kappa shape index (κ1) is 12.8. The molecule has 0 saturated carbocycles. The second kappa shape index (κ2) is 5.30. The molecule has 1 saturated heterocycles. The number of nitrogens with two attached hydrogens (primary N) is 1. The zero-order valence-electron chi connectivity index (χ0n) is 10.7. The van der Waals surface area contributed by atoms with E-state index in [2.05, 4.69) is 26.8 Å². The number of anilines is 1. The molecule has 0 spiro atoms. The van der Waals surface area contributed by atoms with Crippen molar-refractivity contribution < 1.29 is 9.53 Å². The lowest BCUT2D eigenvalue weighted by Gasteiger charge is -2.21. The van der Waals surface area contributed by atoms with Gasteiger partial charge in [-0.25, -0.2) is 4.79 Å². The maximum atomic E-state index is 11.3. The largest absolute Gasteiger partial charge is 0.464 e. The van der Waals surface area contributed by atoms with Crippen molar-refractivity contribution >= 4 is 11.8 Å². The second-order valence-corrected chi connectivity index (χ2v) is 4.61. The zero-order chi connectivity index (χ0) is 13.1. The summed E-state index contributed by atoms with van der Waals surface area (Å²) in [6, 6.07) is 3.84. The van der Waals surface area contributed by atoms with Crippen molar-refractivity contribution in [2.75, 3.05) is 25.1 Å². The molecule has 0 aromatic carbocycles. The van der Waals surface area contributed by atoms with Gasteiger partial charge in [-0.15, -0.1) is 10.2 Å². The number of nitrogens with zero attached hydrogens (tertiary/aromatic N) is 3. The molecular formula is C12H18N4O2. The Morgan fingerprint density at radius 3 is 2.83 bits per heavy atom. The van der Waals surface area contributed by atoms with Gasteiger partial charge in [0.2, 0.25) is 0 Å². The standard InChI is InChI=1S/C12H18N4O2/c1-8-5-9(6-13)7-16(8)11-4-3-10(14-15-11)12(17)18-2/h3-4,8-9H,5-7,13H2,1-2H3. The first-order valence-corrected chi connectivity index (χ1v) is 6.04. The first-order chi connectivity index (χ1) is 8.65. The molecule has 1 fully saturated rings. The average molecular weight is 250 g/mol. The molecule has 0 bridgehead atoms.